The van der Waals surface area contributed by atoms with Crippen LogP contribution < -0.4 is 20.7 Å². The molecule has 3 N–H and O–H groups in total. The van der Waals surface area contributed by atoms with Crippen molar-refractivity contribution >= 4 is 45.9 Å². The number of rotatable bonds is 9. The number of methoxy groups -OCH3 is 1. The first-order valence-corrected chi connectivity index (χ1v) is 9.76. The zero-order chi connectivity index (χ0) is 18.8. The molecular formula is C17H20N4O3S2. The molecule has 1 heterocycles. The standard InChI is InChI=1S/C17H20N4O3S2/c1-3-8-18-16(23)21-17-20-13(10-26-17)9-25-11-15(22)19-12-4-6-14(24-2)7-5-12/h3-7,10H,1,8-9,11H2,2H3,(H,19,22)(H2,18,20,21,23). The third-order valence-corrected chi connectivity index (χ3v) is 4.81. The minimum Gasteiger partial charge on any atom is -0.497 e. The van der Waals surface area contributed by atoms with Crippen molar-refractivity contribution in [3.63, 3.8) is 0 Å². The van der Waals surface area contributed by atoms with E-state index in [1.54, 1.807) is 37.5 Å². The normalized spacial score (nSPS) is 10.0. The van der Waals surface area contributed by atoms with Gasteiger partial charge in [-0.2, -0.15) is 0 Å². The average Bonchev–Trinajstić information content (AvgIpc) is 3.07. The second-order valence-corrected chi connectivity index (χ2v) is 6.88. The summed E-state index contributed by atoms with van der Waals surface area (Å²) in [6, 6.07) is 6.83. The number of anilines is 2. The van der Waals surface area contributed by atoms with Crippen LogP contribution in [0.5, 0.6) is 5.75 Å². The summed E-state index contributed by atoms with van der Waals surface area (Å²) in [5.41, 5.74) is 1.54. The highest BCUT2D eigenvalue weighted by Crippen LogP contribution is 2.20. The summed E-state index contributed by atoms with van der Waals surface area (Å²) in [5, 5.41) is 10.5. The van der Waals surface area contributed by atoms with Gasteiger partial charge in [-0.3, -0.25) is 10.1 Å². The van der Waals surface area contributed by atoms with E-state index in [-0.39, 0.29) is 11.9 Å². The number of nitrogens with one attached hydrogen (secondary N) is 3. The number of thiazole rings is 1. The molecule has 0 bridgehead atoms. The molecule has 0 saturated carbocycles. The molecule has 0 saturated heterocycles. The van der Waals surface area contributed by atoms with Gasteiger partial charge in [-0.15, -0.1) is 29.7 Å². The van der Waals surface area contributed by atoms with E-state index in [9.17, 15) is 9.59 Å². The first-order valence-electron chi connectivity index (χ1n) is 7.72. The number of carbonyl (C=O) groups is 2. The number of aromatic nitrogens is 1. The van der Waals surface area contributed by atoms with Crippen molar-refractivity contribution < 1.29 is 14.3 Å². The molecule has 0 aliphatic rings. The van der Waals surface area contributed by atoms with E-state index in [2.05, 4.69) is 27.5 Å². The molecule has 3 amide bonds. The van der Waals surface area contributed by atoms with Crippen molar-refractivity contribution in [3.05, 3.63) is 48.0 Å². The van der Waals surface area contributed by atoms with Gasteiger partial charge in [0.25, 0.3) is 0 Å². The summed E-state index contributed by atoms with van der Waals surface area (Å²) in [7, 11) is 1.59. The molecule has 26 heavy (non-hydrogen) atoms. The van der Waals surface area contributed by atoms with Gasteiger partial charge < -0.3 is 15.4 Å². The van der Waals surface area contributed by atoms with Gasteiger partial charge in [0.15, 0.2) is 5.13 Å². The molecule has 0 spiro atoms. The highest BCUT2D eigenvalue weighted by atomic mass is 32.2. The Bertz CT molecular complexity index is 747. The van der Waals surface area contributed by atoms with Crippen LogP contribution in [-0.2, 0) is 10.5 Å². The van der Waals surface area contributed by atoms with Gasteiger partial charge in [0.1, 0.15) is 5.75 Å². The van der Waals surface area contributed by atoms with Crippen LogP contribution in [0.3, 0.4) is 0 Å². The zero-order valence-corrected chi connectivity index (χ0v) is 15.9. The lowest BCUT2D eigenvalue weighted by Gasteiger charge is -2.06. The first kappa shape index (κ1) is 19.8. The van der Waals surface area contributed by atoms with E-state index in [1.165, 1.54) is 23.1 Å². The van der Waals surface area contributed by atoms with E-state index >= 15 is 0 Å². The third-order valence-electron chi connectivity index (χ3n) is 3.04. The average molecular weight is 393 g/mol. The second-order valence-electron chi connectivity index (χ2n) is 5.04. The molecule has 7 nitrogen and oxygen atoms in total. The molecule has 0 aliphatic heterocycles. The van der Waals surface area contributed by atoms with Crippen LogP contribution in [0.2, 0.25) is 0 Å². The zero-order valence-electron chi connectivity index (χ0n) is 14.3. The lowest BCUT2D eigenvalue weighted by atomic mass is 10.3. The van der Waals surface area contributed by atoms with Gasteiger partial charge in [0.2, 0.25) is 5.91 Å². The van der Waals surface area contributed by atoms with E-state index in [4.69, 9.17) is 4.74 Å². The maximum Gasteiger partial charge on any atom is 0.321 e. The van der Waals surface area contributed by atoms with E-state index < -0.39 is 0 Å². The SMILES string of the molecule is C=CCNC(=O)Nc1nc(CSCC(=O)Nc2ccc(OC)cc2)cs1. The number of thioether (sulfide) groups is 1. The maximum atomic E-state index is 12.0. The molecule has 138 valence electrons. The quantitative estimate of drug-likeness (QED) is 0.569. The number of hydrogen-bond acceptors (Lipinski definition) is 6. The van der Waals surface area contributed by atoms with Crippen LogP contribution in [-0.4, -0.2) is 36.3 Å². The van der Waals surface area contributed by atoms with E-state index in [1.807, 2.05) is 5.38 Å². The Labute approximate surface area is 160 Å². The largest absolute Gasteiger partial charge is 0.497 e. The van der Waals surface area contributed by atoms with Crippen LogP contribution in [0.4, 0.5) is 15.6 Å². The van der Waals surface area contributed by atoms with Gasteiger partial charge in [-0.1, -0.05) is 6.08 Å². The molecule has 2 rings (SSSR count). The topological polar surface area (TPSA) is 92.4 Å². The van der Waals surface area contributed by atoms with E-state index in [0.29, 0.717) is 23.2 Å². The fraction of sp³-hybridized carbons (Fsp3) is 0.235. The van der Waals surface area contributed by atoms with Gasteiger partial charge >= 0.3 is 6.03 Å². The van der Waals surface area contributed by atoms with Crippen molar-refractivity contribution in [2.45, 2.75) is 5.75 Å². The minimum atomic E-state index is -0.322. The molecule has 9 heteroatoms. The summed E-state index contributed by atoms with van der Waals surface area (Å²) >= 11 is 2.79. The number of carbonyl (C=O) groups excluding carboxylic acids is 2. The van der Waals surface area contributed by atoms with Crippen LogP contribution in [0.25, 0.3) is 0 Å². The number of nitrogens with zero attached hydrogens (tertiary/aromatic N) is 1. The van der Waals surface area contributed by atoms with Gasteiger partial charge in [-0.25, -0.2) is 9.78 Å². The molecular weight excluding hydrogens is 372 g/mol. The van der Waals surface area contributed by atoms with Crippen LogP contribution in [0.1, 0.15) is 5.69 Å². The highest BCUT2D eigenvalue weighted by Gasteiger charge is 2.08. The number of urea groups is 1. The smallest absolute Gasteiger partial charge is 0.321 e. The highest BCUT2D eigenvalue weighted by molar-refractivity contribution is 7.99. The molecule has 0 unspecified atom stereocenters. The van der Waals surface area contributed by atoms with Crippen LogP contribution in [0, 0.1) is 0 Å². The molecule has 0 radical (unpaired) electrons. The minimum absolute atomic E-state index is 0.0856. The number of benzene rings is 1. The lowest BCUT2D eigenvalue weighted by Crippen LogP contribution is -2.28. The predicted octanol–water partition coefficient (Wildman–Crippen LogP) is 3.33. The van der Waals surface area contributed by atoms with E-state index in [0.717, 1.165) is 17.1 Å². The molecule has 0 atom stereocenters. The van der Waals surface area contributed by atoms with Crippen molar-refractivity contribution in [2.24, 2.45) is 0 Å². The van der Waals surface area contributed by atoms with Crippen molar-refractivity contribution in [2.75, 3.05) is 30.0 Å². The Hall–Kier alpha value is -2.52. The molecule has 2 aromatic rings. The van der Waals surface area contributed by atoms with Crippen molar-refractivity contribution in [3.8, 4) is 5.75 Å². The first-order chi connectivity index (χ1) is 12.6. The van der Waals surface area contributed by atoms with Crippen LogP contribution >= 0.6 is 23.1 Å². The monoisotopic (exact) mass is 392 g/mol. The number of hydrogen-bond donors (Lipinski definition) is 3. The number of amides is 3. The molecule has 1 aromatic carbocycles. The van der Waals surface area contributed by atoms with Gasteiger partial charge in [-0.05, 0) is 24.3 Å². The summed E-state index contributed by atoms with van der Waals surface area (Å²) in [4.78, 5) is 27.8. The Kier molecular flexibility index (Phi) is 7.97. The molecule has 0 fully saturated rings. The fourth-order valence-electron chi connectivity index (χ4n) is 1.86. The van der Waals surface area contributed by atoms with Crippen LogP contribution in [0.15, 0.2) is 42.3 Å². The second kappa shape index (κ2) is 10.5. The molecule has 0 aliphatic carbocycles. The van der Waals surface area contributed by atoms with Gasteiger partial charge in [0, 0.05) is 23.4 Å². The third kappa shape index (κ3) is 6.77. The van der Waals surface area contributed by atoms with Gasteiger partial charge in [0.05, 0.1) is 18.6 Å². The summed E-state index contributed by atoms with van der Waals surface area (Å²) in [6.07, 6.45) is 1.60. The van der Waals surface area contributed by atoms with Crippen molar-refractivity contribution in [1.82, 2.24) is 10.3 Å². The van der Waals surface area contributed by atoms with Crippen molar-refractivity contribution in [1.29, 1.82) is 0 Å². The summed E-state index contributed by atoms with van der Waals surface area (Å²) < 4.78 is 5.08. The predicted molar refractivity (Wildman–Crippen MR) is 107 cm³/mol. The summed E-state index contributed by atoms with van der Waals surface area (Å²) in [6.45, 7) is 3.92. The number of ether oxygens (including phenoxy) is 1. The fourth-order valence-corrected chi connectivity index (χ4v) is 3.38. The Balaban J connectivity index is 1.71. The molecule has 1 aromatic heterocycles. The Morgan fingerprint density at radius 2 is 2.08 bits per heavy atom. The Morgan fingerprint density at radius 1 is 1.31 bits per heavy atom. The lowest BCUT2D eigenvalue weighted by molar-refractivity contribution is -0.113. The Morgan fingerprint density at radius 3 is 2.77 bits per heavy atom. The maximum absolute atomic E-state index is 12.0. The summed E-state index contributed by atoms with van der Waals surface area (Å²) in [5.74, 6) is 1.55.